The van der Waals surface area contributed by atoms with Gasteiger partial charge in [0.1, 0.15) is 17.1 Å². The highest BCUT2D eigenvalue weighted by molar-refractivity contribution is 6.30. The minimum atomic E-state index is -0.949. The van der Waals surface area contributed by atoms with E-state index in [9.17, 15) is 9.59 Å². The zero-order chi connectivity index (χ0) is 17.7. The number of hydrogen-bond donors (Lipinski definition) is 0. The molecule has 0 heterocycles. The molecule has 2 aromatic carbocycles. The van der Waals surface area contributed by atoms with Crippen molar-refractivity contribution in [2.45, 2.75) is 13.0 Å². The summed E-state index contributed by atoms with van der Waals surface area (Å²) >= 11 is 5.80. The number of methoxy groups -OCH3 is 2. The van der Waals surface area contributed by atoms with Gasteiger partial charge in [0.05, 0.1) is 14.2 Å². The molecule has 6 heteroatoms. The van der Waals surface area contributed by atoms with Gasteiger partial charge in [-0.25, -0.2) is 4.79 Å². The van der Waals surface area contributed by atoms with Crippen molar-refractivity contribution in [2.24, 2.45) is 0 Å². The van der Waals surface area contributed by atoms with E-state index < -0.39 is 12.1 Å². The minimum Gasteiger partial charge on any atom is -0.497 e. The van der Waals surface area contributed by atoms with Crippen molar-refractivity contribution in [3.63, 3.8) is 0 Å². The maximum absolute atomic E-state index is 12.4. The average molecular weight is 349 g/mol. The number of benzene rings is 2. The van der Waals surface area contributed by atoms with Crippen LogP contribution in [0.15, 0.2) is 42.5 Å². The standard InChI is InChI=1S/C18H17ClO5/c1-11(17(20)12-4-6-13(19)7-5-12)24-18(21)15-10-14(22-2)8-9-16(15)23-3/h4-11H,1-3H3/t11-/m0/s1. The maximum atomic E-state index is 12.4. The summed E-state index contributed by atoms with van der Waals surface area (Å²) in [4.78, 5) is 24.7. The van der Waals surface area contributed by atoms with Crippen molar-refractivity contribution in [3.05, 3.63) is 58.6 Å². The van der Waals surface area contributed by atoms with Gasteiger partial charge in [-0.3, -0.25) is 4.79 Å². The van der Waals surface area contributed by atoms with Gasteiger partial charge in [0.15, 0.2) is 6.10 Å². The molecular formula is C18H17ClO5. The maximum Gasteiger partial charge on any atom is 0.342 e. The van der Waals surface area contributed by atoms with E-state index in [4.69, 9.17) is 25.8 Å². The van der Waals surface area contributed by atoms with Crippen LogP contribution in [0.4, 0.5) is 0 Å². The Morgan fingerprint density at radius 3 is 2.25 bits per heavy atom. The molecule has 0 unspecified atom stereocenters. The van der Waals surface area contributed by atoms with Gasteiger partial charge in [-0.2, -0.15) is 0 Å². The molecule has 2 aromatic rings. The van der Waals surface area contributed by atoms with E-state index in [0.29, 0.717) is 22.1 Å². The van der Waals surface area contributed by atoms with Gasteiger partial charge >= 0.3 is 5.97 Å². The van der Waals surface area contributed by atoms with Crippen LogP contribution in [0.3, 0.4) is 0 Å². The van der Waals surface area contributed by atoms with Crippen molar-refractivity contribution in [1.29, 1.82) is 0 Å². The largest absolute Gasteiger partial charge is 0.497 e. The Hall–Kier alpha value is -2.53. The number of Topliss-reactive ketones (excluding diaryl/α,β-unsaturated/α-hetero) is 1. The van der Waals surface area contributed by atoms with Crippen LogP contribution in [0.5, 0.6) is 11.5 Å². The SMILES string of the molecule is COc1ccc(OC)c(C(=O)O[C@@H](C)C(=O)c2ccc(Cl)cc2)c1. The fourth-order valence-electron chi connectivity index (χ4n) is 2.10. The lowest BCUT2D eigenvalue weighted by molar-refractivity contribution is 0.0315. The molecule has 0 fully saturated rings. The molecule has 0 saturated heterocycles. The van der Waals surface area contributed by atoms with Crippen molar-refractivity contribution < 1.29 is 23.8 Å². The third-order valence-corrected chi connectivity index (χ3v) is 3.66. The Labute approximate surface area is 145 Å². The summed E-state index contributed by atoms with van der Waals surface area (Å²) in [5, 5.41) is 0.525. The highest BCUT2D eigenvalue weighted by Crippen LogP contribution is 2.25. The second-order valence-electron chi connectivity index (χ2n) is 4.98. The number of carbonyl (C=O) groups is 2. The van der Waals surface area contributed by atoms with Gasteiger partial charge in [-0.15, -0.1) is 0 Å². The number of esters is 1. The summed E-state index contributed by atoms with van der Waals surface area (Å²) in [6.45, 7) is 1.52. The van der Waals surface area contributed by atoms with Gasteiger partial charge in [0, 0.05) is 10.6 Å². The van der Waals surface area contributed by atoms with E-state index in [-0.39, 0.29) is 11.3 Å². The molecule has 2 rings (SSSR count). The molecule has 0 amide bonds. The molecule has 0 aliphatic carbocycles. The topological polar surface area (TPSA) is 61.8 Å². The lowest BCUT2D eigenvalue weighted by atomic mass is 10.1. The summed E-state index contributed by atoms with van der Waals surface area (Å²) < 4.78 is 15.5. The third kappa shape index (κ3) is 4.06. The fraction of sp³-hybridized carbons (Fsp3) is 0.222. The van der Waals surface area contributed by atoms with Crippen LogP contribution >= 0.6 is 11.6 Å². The lowest BCUT2D eigenvalue weighted by Gasteiger charge is -2.14. The minimum absolute atomic E-state index is 0.188. The van der Waals surface area contributed by atoms with Crippen LogP contribution in [0.25, 0.3) is 0 Å². The predicted molar refractivity (Wildman–Crippen MR) is 90.2 cm³/mol. The molecule has 5 nitrogen and oxygen atoms in total. The monoisotopic (exact) mass is 348 g/mol. The first kappa shape index (κ1) is 17.8. The number of halogens is 1. The molecule has 0 aromatic heterocycles. The van der Waals surface area contributed by atoms with Crippen LogP contribution in [0.1, 0.15) is 27.6 Å². The summed E-state index contributed by atoms with van der Waals surface area (Å²) in [5.41, 5.74) is 0.602. The first-order valence-electron chi connectivity index (χ1n) is 7.19. The summed E-state index contributed by atoms with van der Waals surface area (Å²) in [6, 6.07) is 11.1. The van der Waals surface area contributed by atoms with Gasteiger partial charge < -0.3 is 14.2 Å². The summed E-state index contributed by atoms with van der Waals surface area (Å²) in [6.07, 6.45) is -0.949. The number of ketones is 1. The summed E-state index contributed by atoms with van der Waals surface area (Å²) in [7, 11) is 2.94. The molecule has 0 aliphatic rings. The van der Waals surface area contributed by atoms with Crippen LogP contribution < -0.4 is 9.47 Å². The molecule has 0 saturated carbocycles. The van der Waals surface area contributed by atoms with Crippen molar-refractivity contribution >= 4 is 23.4 Å². The number of carbonyl (C=O) groups excluding carboxylic acids is 2. The van der Waals surface area contributed by atoms with E-state index in [1.165, 1.54) is 27.2 Å². The molecule has 0 N–H and O–H groups in total. The molecular weight excluding hydrogens is 332 g/mol. The van der Waals surface area contributed by atoms with E-state index in [2.05, 4.69) is 0 Å². The molecule has 1 atom stereocenters. The van der Waals surface area contributed by atoms with Gasteiger partial charge in [-0.1, -0.05) is 11.6 Å². The zero-order valence-corrected chi connectivity index (χ0v) is 14.3. The first-order valence-corrected chi connectivity index (χ1v) is 7.57. The molecule has 0 radical (unpaired) electrons. The van der Waals surface area contributed by atoms with Crippen molar-refractivity contribution in [2.75, 3.05) is 14.2 Å². The number of hydrogen-bond acceptors (Lipinski definition) is 5. The van der Waals surface area contributed by atoms with Gasteiger partial charge in [0.2, 0.25) is 5.78 Å². The summed E-state index contributed by atoms with van der Waals surface area (Å²) in [5.74, 6) is -0.159. The van der Waals surface area contributed by atoms with Crippen LogP contribution in [-0.4, -0.2) is 32.1 Å². The normalized spacial score (nSPS) is 11.5. The molecule has 24 heavy (non-hydrogen) atoms. The Morgan fingerprint density at radius 1 is 1.00 bits per heavy atom. The smallest absolute Gasteiger partial charge is 0.342 e. The highest BCUT2D eigenvalue weighted by Gasteiger charge is 2.23. The Bertz CT molecular complexity index is 740. The van der Waals surface area contributed by atoms with E-state index in [1.54, 1.807) is 36.4 Å². The quantitative estimate of drug-likeness (QED) is 0.587. The second kappa shape index (κ2) is 7.84. The molecule has 0 spiro atoms. The first-order chi connectivity index (χ1) is 11.5. The van der Waals surface area contributed by atoms with Crippen LogP contribution in [-0.2, 0) is 4.74 Å². The Kier molecular flexibility index (Phi) is 5.82. The Balaban J connectivity index is 2.16. The second-order valence-corrected chi connectivity index (χ2v) is 5.42. The third-order valence-electron chi connectivity index (χ3n) is 3.41. The van der Waals surface area contributed by atoms with Crippen molar-refractivity contribution in [1.82, 2.24) is 0 Å². The van der Waals surface area contributed by atoms with Gasteiger partial charge in [0.25, 0.3) is 0 Å². The van der Waals surface area contributed by atoms with Gasteiger partial charge in [-0.05, 0) is 49.4 Å². The molecule has 126 valence electrons. The number of rotatable bonds is 6. The molecule has 0 bridgehead atoms. The van der Waals surface area contributed by atoms with E-state index in [1.807, 2.05) is 0 Å². The highest BCUT2D eigenvalue weighted by atomic mass is 35.5. The Morgan fingerprint density at radius 2 is 1.67 bits per heavy atom. The average Bonchev–Trinajstić information content (AvgIpc) is 2.60. The zero-order valence-electron chi connectivity index (χ0n) is 13.5. The molecule has 0 aliphatic heterocycles. The van der Waals surface area contributed by atoms with Crippen molar-refractivity contribution in [3.8, 4) is 11.5 Å². The predicted octanol–water partition coefficient (Wildman–Crippen LogP) is 3.79. The lowest BCUT2D eigenvalue weighted by Crippen LogP contribution is -2.24. The fourth-order valence-corrected chi connectivity index (χ4v) is 2.23. The van der Waals surface area contributed by atoms with Crippen LogP contribution in [0, 0.1) is 0 Å². The van der Waals surface area contributed by atoms with E-state index in [0.717, 1.165) is 0 Å². The number of ether oxygens (including phenoxy) is 3. The van der Waals surface area contributed by atoms with E-state index >= 15 is 0 Å². The van der Waals surface area contributed by atoms with Crippen LogP contribution in [0.2, 0.25) is 5.02 Å².